The van der Waals surface area contributed by atoms with Gasteiger partial charge >= 0.3 is 6.01 Å². The molecule has 25 heavy (non-hydrogen) atoms. The fourth-order valence-electron chi connectivity index (χ4n) is 2.32. The van der Waals surface area contributed by atoms with E-state index in [0.29, 0.717) is 23.4 Å². The summed E-state index contributed by atoms with van der Waals surface area (Å²) in [6, 6.07) is 13.5. The standard InChI is InChI=1S/C19H15ClF2N2O/c20-15-7-4-13(5-8-15)6-9-18-17(22)11-23-19(24-18)25-12-14-2-1-3-16(21)10-14/h1-5,7-8,10-11H,6,9,12H2. The molecule has 0 atom stereocenters. The third-order valence-electron chi connectivity index (χ3n) is 3.62. The first-order valence-electron chi connectivity index (χ1n) is 7.73. The smallest absolute Gasteiger partial charge is 0.317 e. The molecule has 3 rings (SSSR count). The van der Waals surface area contributed by atoms with Crippen molar-refractivity contribution in [3.05, 3.63) is 88.2 Å². The Bertz CT molecular complexity index is 856. The van der Waals surface area contributed by atoms with Gasteiger partial charge in [-0.1, -0.05) is 35.9 Å². The second-order valence-corrected chi connectivity index (χ2v) is 5.93. The zero-order valence-electron chi connectivity index (χ0n) is 13.3. The topological polar surface area (TPSA) is 35.0 Å². The summed E-state index contributed by atoms with van der Waals surface area (Å²) in [6.07, 6.45) is 2.12. The van der Waals surface area contributed by atoms with Gasteiger partial charge in [-0.25, -0.2) is 13.8 Å². The maximum absolute atomic E-state index is 13.9. The van der Waals surface area contributed by atoms with Crippen molar-refractivity contribution in [3.8, 4) is 6.01 Å². The number of rotatable bonds is 6. The summed E-state index contributed by atoms with van der Waals surface area (Å²) in [5.74, 6) is -0.822. The molecule has 1 aromatic heterocycles. The lowest BCUT2D eigenvalue weighted by Gasteiger charge is -2.07. The molecule has 128 valence electrons. The molecule has 0 N–H and O–H groups in total. The van der Waals surface area contributed by atoms with Crippen molar-refractivity contribution >= 4 is 11.6 Å². The minimum Gasteiger partial charge on any atom is -0.459 e. The van der Waals surface area contributed by atoms with Gasteiger partial charge in [-0.3, -0.25) is 0 Å². The van der Waals surface area contributed by atoms with Crippen molar-refractivity contribution < 1.29 is 13.5 Å². The predicted molar refractivity (Wildman–Crippen MR) is 91.6 cm³/mol. The van der Waals surface area contributed by atoms with Crippen LogP contribution in [0.2, 0.25) is 5.02 Å². The van der Waals surface area contributed by atoms with E-state index < -0.39 is 5.82 Å². The van der Waals surface area contributed by atoms with E-state index in [2.05, 4.69) is 9.97 Å². The van der Waals surface area contributed by atoms with E-state index in [1.165, 1.54) is 12.1 Å². The van der Waals surface area contributed by atoms with Gasteiger partial charge in [0.15, 0.2) is 5.82 Å². The molecule has 0 spiro atoms. The summed E-state index contributed by atoms with van der Waals surface area (Å²) in [7, 11) is 0. The Morgan fingerprint density at radius 2 is 1.76 bits per heavy atom. The molecule has 0 aliphatic carbocycles. The molecule has 0 unspecified atom stereocenters. The molecule has 0 radical (unpaired) electrons. The lowest BCUT2D eigenvalue weighted by atomic mass is 10.1. The van der Waals surface area contributed by atoms with E-state index in [0.717, 1.165) is 11.8 Å². The Labute approximate surface area is 149 Å². The molecule has 2 aromatic carbocycles. The van der Waals surface area contributed by atoms with Gasteiger partial charge in [0.2, 0.25) is 0 Å². The highest BCUT2D eigenvalue weighted by Gasteiger charge is 2.09. The van der Waals surface area contributed by atoms with E-state index in [-0.39, 0.29) is 24.1 Å². The molecule has 3 aromatic rings. The van der Waals surface area contributed by atoms with Gasteiger partial charge in [-0.15, -0.1) is 0 Å². The summed E-state index contributed by atoms with van der Waals surface area (Å²) in [5, 5.41) is 0.657. The Balaban J connectivity index is 1.64. The number of aromatic nitrogens is 2. The van der Waals surface area contributed by atoms with Crippen LogP contribution < -0.4 is 4.74 Å². The molecule has 0 saturated carbocycles. The van der Waals surface area contributed by atoms with Crippen molar-refractivity contribution in [1.82, 2.24) is 9.97 Å². The summed E-state index contributed by atoms with van der Waals surface area (Å²) in [6.45, 7) is 0.111. The molecule has 0 fully saturated rings. The summed E-state index contributed by atoms with van der Waals surface area (Å²) in [5.41, 5.74) is 1.96. The van der Waals surface area contributed by atoms with Crippen LogP contribution in [0.15, 0.2) is 54.7 Å². The van der Waals surface area contributed by atoms with Crippen molar-refractivity contribution in [2.45, 2.75) is 19.4 Å². The Kier molecular flexibility index (Phi) is 5.56. The number of halogens is 3. The van der Waals surface area contributed by atoms with Crippen LogP contribution in [-0.4, -0.2) is 9.97 Å². The van der Waals surface area contributed by atoms with Gasteiger partial charge in [-0.05, 0) is 48.2 Å². The number of hydrogen-bond acceptors (Lipinski definition) is 3. The lowest BCUT2D eigenvalue weighted by Crippen LogP contribution is -2.05. The van der Waals surface area contributed by atoms with Gasteiger partial charge < -0.3 is 4.74 Å². The van der Waals surface area contributed by atoms with Crippen LogP contribution in [0.1, 0.15) is 16.8 Å². The predicted octanol–water partition coefficient (Wildman–Crippen LogP) is 4.77. The average Bonchev–Trinajstić information content (AvgIpc) is 2.61. The van der Waals surface area contributed by atoms with Crippen molar-refractivity contribution in [2.24, 2.45) is 0 Å². The van der Waals surface area contributed by atoms with Crippen LogP contribution in [0.25, 0.3) is 0 Å². The Morgan fingerprint density at radius 3 is 2.52 bits per heavy atom. The quantitative estimate of drug-likeness (QED) is 0.635. The molecule has 6 heteroatoms. The molecular formula is C19H15ClF2N2O. The summed E-state index contributed by atoms with van der Waals surface area (Å²) >= 11 is 5.85. The maximum Gasteiger partial charge on any atom is 0.317 e. The van der Waals surface area contributed by atoms with E-state index in [1.54, 1.807) is 24.3 Å². The Hall–Kier alpha value is -2.53. The minimum atomic E-state index is -0.480. The van der Waals surface area contributed by atoms with Gasteiger partial charge in [0, 0.05) is 5.02 Å². The molecule has 1 heterocycles. The molecule has 0 bridgehead atoms. The maximum atomic E-state index is 13.9. The largest absolute Gasteiger partial charge is 0.459 e. The lowest BCUT2D eigenvalue weighted by molar-refractivity contribution is 0.277. The number of aryl methyl sites for hydroxylation is 2. The SMILES string of the molecule is Fc1cccc(COc2ncc(F)c(CCc3ccc(Cl)cc3)n2)c1. The highest BCUT2D eigenvalue weighted by molar-refractivity contribution is 6.30. The number of benzene rings is 2. The zero-order valence-corrected chi connectivity index (χ0v) is 14.0. The number of nitrogens with zero attached hydrogens (tertiary/aromatic N) is 2. The van der Waals surface area contributed by atoms with Gasteiger partial charge in [0.25, 0.3) is 0 Å². The van der Waals surface area contributed by atoms with E-state index in [4.69, 9.17) is 16.3 Å². The fourth-order valence-corrected chi connectivity index (χ4v) is 2.44. The van der Waals surface area contributed by atoms with Crippen molar-refractivity contribution in [3.63, 3.8) is 0 Å². The first kappa shape index (κ1) is 17.3. The van der Waals surface area contributed by atoms with Crippen LogP contribution in [0.5, 0.6) is 6.01 Å². The van der Waals surface area contributed by atoms with E-state index in [1.807, 2.05) is 12.1 Å². The fraction of sp³-hybridized carbons (Fsp3) is 0.158. The second kappa shape index (κ2) is 8.03. The minimum absolute atomic E-state index is 0.0665. The van der Waals surface area contributed by atoms with Crippen LogP contribution in [0, 0.1) is 11.6 Å². The van der Waals surface area contributed by atoms with Crippen LogP contribution in [-0.2, 0) is 19.4 Å². The molecule has 0 saturated heterocycles. The third-order valence-corrected chi connectivity index (χ3v) is 3.87. The van der Waals surface area contributed by atoms with Crippen LogP contribution >= 0.6 is 11.6 Å². The normalized spacial score (nSPS) is 10.7. The second-order valence-electron chi connectivity index (χ2n) is 5.49. The molecule has 0 amide bonds. The summed E-state index contributed by atoms with van der Waals surface area (Å²) in [4.78, 5) is 7.94. The monoisotopic (exact) mass is 360 g/mol. The van der Waals surface area contributed by atoms with Crippen molar-refractivity contribution in [2.75, 3.05) is 0 Å². The summed E-state index contributed by atoms with van der Waals surface area (Å²) < 4.78 is 32.5. The third kappa shape index (κ3) is 4.97. The van der Waals surface area contributed by atoms with Crippen LogP contribution in [0.3, 0.4) is 0 Å². The molecular weight excluding hydrogens is 346 g/mol. The molecule has 0 aliphatic heterocycles. The van der Waals surface area contributed by atoms with E-state index in [9.17, 15) is 8.78 Å². The van der Waals surface area contributed by atoms with Gasteiger partial charge in [0.1, 0.15) is 12.4 Å². The number of hydrogen-bond donors (Lipinski definition) is 0. The van der Waals surface area contributed by atoms with Gasteiger partial charge in [-0.2, -0.15) is 4.98 Å². The zero-order chi connectivity index (χ0) is 17.6. The molecule has 0 aliphatic rings. The first-order chi connectivity index (χ1) is 12.1. The highest BCUT2D eigenvalue weighted by atomic mass is 35.5. The highest BCUT2D eigenvalue weighted by Crippen LogP contribution is 2.15. The first-order valence-corrected chi connectivity index (χ1v) is 8.11. The number of ether oxygens (including phenoxy) is 1. The van der Waals surface area contributed by atoms with Crippen LogP contribution in [0.4, 0.5) is 8.78 Å². The average molecular weight is 361 g/mol. The molecule has 3 nitrogen and oxygen atoms in total. The van der Waals surface area contributed by atoms with Gasteiger partial charge in [0.05, 0.1) is 11.9 Å². The van der Waals surface area contributed by atoms with Crippen molar-refractivity contribution in [1.29, 1.82) is 0 Å². The Morgan fingerprint density at radius 1 is 0.960 bits per heavy atom. The van der Waals surface area contributed by atoms with E-state index >= 15 is 0 Å².